The SMILES string of the molecule is COC(=O)/C=C/c1cc(Br)c(OCc2ccc(F)cc2)c(OC)c1. The molecule has 0 saturated carbocycles. The molecule has 0 N–H and O–H groups in total. The molecule has 0 aliphatic carbocycles. The van der Waals surface area contributed by atoms with Gasteiger partial charge in [0.2, 0.25) is 0 Å². The quantitative estimate of drug-likeness (QED) is 0.539. The summed E-state index contributed by atoms with van der Waals surface area (Å²) < 4.78 is 29.3. The molecule has 0 unspecified atom stereocenters. The van der Waals surface area contributed by atoms with Crippen molar-refractivity contribution >= 4 is 28.0 Å². The molecule has 0 radical (unpaired) electrons. The number of carbonyl (C=O) groups excluding carboxylic acids is 1. The van der Waals surface area contributed by atoms with Gasteiger partial charge in [-0.3, -0.25) is 0 Å². The van der Waals surface area contributed by atoms with Crippen LogP contribution in [0.15, 0.2) is 46.9 Å². The molecule has 0 aliphatic rings. The van der Waals surface area contributed by atoms with Crippen molar-refractivity contribution in [1.82, 2.24) is 0 Å². The van der Waals surface area contributed by atoms with E-state index in [0.717, 1.165) is 11.1 Å². The van der Waals surface area contributed by atoms with Crippen LogP contribution < -0.4 is 9.47 Å². The van der Waals surface area contributed by atoms with Gasteiger partial charge in [0.15, 0.2) is 11.5 Å². The van der Waals surface area contributed by atoms with Crippen LogP contribution in [0.2, 0.25) is 0 Å². The van der Waals surface area contributed by atoms with Gasteiger partial charge in [-0.15, -0.1) is 0 Å². The topological polar surface area (TPSA) is 44.8 Å². The summed E-state index contributed by atoms with van der Waals surface area (Å²) in [6, 6.07) is 9.61. The smallest absolute Gasteiger partial charge is 0.330 e. The predicted molar refractivity (Wildman–Crippen MR) is 92.5 cm³/mol. The average Bonchev–Trinajstić information content (AvgIpc) is 2.59. The van der Waals surface area contributed by atoms with Gasteiger partial charge in [-0.1, -0.05) is 12.1 Å². The number of rotatable bonds is 6. The number of halogens is 2. The Morgan fingerprint density at radius 3 is 2.54 bits per heavy atom. The Bertz CT molecular complexity index is 741. The number of ether oxygens (including phenoxy) is 3. The molecule has 2 aromatic carbocycles. The Kier molecular flexibility index (Phi) is 6.37. The van der Waals surface area contributed by atoms with Crippen LogP contribution in [0.1, 0.15) is 11.1 Å². The van der Waals surface area contributed by atoms with E-state index in [-0.39, 0.29) is 12.4 Å². The van der Waals surface area contributed by atoms with Crippen molar-refractivity contribution in [2.45, 2.75) is 6.61 Å². The van der Waals surface area contributed by atoms with Crippen LogP contribution in [0.25, 0.3) is 6.08 Å². The lowest BCUT2D eigenvalue weighted by molar-refractivity contribution is -0.134. The molecule has 126 valence electrons. The Labute approximate surface area is 148 Å². The summed E-state index contributed by atoms with van der Waals surface area (Å²) >= 11 is 3.43. The zero-order chi connectivity index (χ0) is 17.5. The molecule has 0 saturated heterocycles. The molecule has 0 aromatic heterocycles. The maximum absolute atomic E-state index is 12.9. The molecular weight excluding hydrogens is 379 g/mol. The molecule has 2 rings (SSSR count). The van der Waals surface area contributed by atoms with Crippen LogP contribution >= 0.6 is 15.9 Å². The van der Waals surface area contributed by atoms with Crippen molar-refractivity contribution in [1.29, 1.82) is 0 Å². The van der Waals surface area contributed by atoms with Crippen molar-refractivity contribution in [3.05, 3.63) is 63.9 Å². The molecule has 0 bridgehead atoms. The Hall–Kier alpha value is -2.34. The van der Waals surface area contributed by atoms with Crippen molar-refractivity contribution < 1.29 is 23.4 Å². The van der Waals surface area contributed by atoms with Gasteiger partial charge in [0.25, 0.3) is 0 Å². The average molecular weight is 395 g/mol. The highest BCUT2D eigenvalue weighted by molar-refractivity contribution is 9.10. The van der Waals surface area contributed by atoms with Crippen LogP contribution in [0.4, 0.5) is 4.39 Å². The van der Waals surface area contributed by atoms with E-state index >= 15 is 0 Å². The van der Waals surface area contributed by atoms with Gasteiger partial charge >= 0.3 is 5.97 Å². The molecule has 2 aromatic rings. The fraction of sp³-hybridized carbons (Fsp3) is 0.167. The van der Waals surface area contributed by atoms with Crippen molar-refractivity contribution in [3.8, 4) is 11.5 Å². The summed E-state index contributed by atoms with van der Waals surface area (Å²) in [6.45, 7) is 0.270. The van der Waals surface area contributed by atoms with Gasteiger partial charge < -0.3 is 14.2 Å². The van der Waals surface area contributed by atoms with Crippen LogP contribution in [0.5, 0.6) is 11.5 Å². The van der Waals surface area contributed by atoms with Gasteiger partial charge in [-0.05, 0) is 57.4 Å². The lowest BCUT2D eigenvalue weighted by atomic mass is 10.2. The third-order valence-electron chi connectivity index (χ3n) is 3.16. The highest BCUT2D eigenvalue weighted by Crippen LogP contribution is 2.37. The minimum Gasteiger partial charge on any atom is -0.493 e. The first kappa shape index (κ1) is 18.0. The highest BCUT2D eigenvalue weighted by atomic mass is 79.9. The normalized spacial score (nSPS) is 10.7. The fourth-order valence-electron chi connectivity index (χ4n) is 1.94. The van der Waals surface area contributed by atoms with Crippen molar-refractivity contribution in [3.63, 3.8) is 0 Å². The second-order valence-electron chi connectivity index (χ2n) is 4.81. The molecule has 6 heteroatoms. The number of methoxy groups -OCH3 is 2. The molecule has 0 spiro atoms. The molecular formula is C18H16BrFO4. The van der Waals surface area contributed by atoms with E-state index in [0.29, 0.717) is 16.0 Å². The van der Waals surface area contributed by atoms with Gasteiger partial charge in [0.05, 0.1) is 18.7 Å². The first-order chi connectivity index (χ1) is 11.5. The molecule has 4 nitrogen and oxygen atoms in total. The summed E-state index contributed by atoms with van der Waals surface area (Å²) in [7, 11) is 2.84. The molecule has 0 heterocycles. The minimum absolute atomic E-state index is 0.270. The summed E-state index contributed by atoms with van der Waals surface area (Å²) in [6.07, 6.45) is 2.93. The van der Waals surface area contributed by atoms with Crippen molar-refractivity contribution in [2.75, 3.05) is 14.2 Å². The van der Waals surface area contributed by atoms with E-state index in [1.54, 1.807) is 30.3 Å². The van der Waals surface area contributed by atoms with Gasteiger partial charge in [0, 0.05) is 6.08 Å². The summed E-state index contributed by atoms with van der Waals surface area (Å²) in [5.41, 5.74) is 1.58. The van der Waals surface area contributed by atoms with Gasteiger partial charge in [0.1, 0.15) is 12.4 Å². The van der Waals surface area contributed by atoms with Crippen LogP contribution in [0.3, 0.4) is 0 Å². The first-order valence-corrected chi connectivity index (χ1v) is 7.83. The number of hydrogen-bond acceptors (Lipinski definition) is 4. The third kappa shape index (κ3) is 4.83. The first-order valence-electron chi connectivity index (χ1n) is 7.04. The second-order valence-corrected chi connectivity index (χ2v) is 5.66. The van der Waals surface area contributed by atoms with E-state index in [4.69, 9.17) is 9.47 Å². The summed E-state index contributed by atoms with van der Waals surface area (Å²) in [5, 5.41) is 0. The lowest BCUT2D eigenvalue weighted by Gasteiger charge is -2.13. The molecule has 0 aliphatic heterocycles. The van der Waals surface area contributed by atoms with Gasteiger partial charge in [-0.2, -0.15) is 0 Å². The zero-order valence-corrected chi connectivity index (χ0v) is 14.8. The molecule has 24 heavy (non-hydrogen) atoms. The third-order valence-corrected chi connectivity index (χ3v) is 3.75. The minimum atomic E-state index is -0.443. The van der Waals surface area contributed by atoms with Crippen LogP contribution in [-0.2, 0) is 16.1 Å². The monoisotopic (exact) mass is 394 g/mol. The van der Waals surface area contributed by atoms with E-state index in [9.17, 15) is 9.18 Å². The predicted octanol–water partition coefficient (Wildman–Crippen LogP) is 4.36. The molecule has 0 atom stereocenters. The number of esters is 1. The molecule has 0 amide bonds. The maximum Gasteiger partial charge on any atom is 0.330 e. The Morgan fingerprint density at radius 1 is 1.21 bits per heavy atom. The largest absolute Gasteiger partial charge is 0.493 e. The Morgan fingerprint density at radius 2 is 1.92 bits per heavy atom. The van der Waals surface area contributed by atoms with Gasteiger partial charge in [-0.25, -0.2) is 9.18 Å². The van der Waals surface area contributed by atoms with Crippen molar-refractivity contribution in [2.24, 2.45) is 0 Å². The van der Waals surface area contributed by atoms with E-state index in [2.05, 4.69) is 20.7 Å². The highest BCUT2D eigenvalue weighted by Gasteiger charge is 2.11. The van der Waals surface area contributed by atoms with Crippen LogP contribution in [-0.4, -0.2) is 20.2 Å². The van der Waals surface area contributed by atoms with E-state index in [1.807, 2.05) is 0 Å². The Balaban J connectivity index is 2.18. The standard InChI is InChI=1S/C18H16BrFO4/c1-22-16-10-13(5-8-17(21)23-2)9-15(19)18(16)24-11-12-3-6-14(20)7-4-12/h3-10H,11H2,1-2H3/b8-5+. The second kappa shape index (κ2) is 8.49. The van der Waals surface area contributed by atoms with Crippen LogP contribution in [0, 0.1) is 5.82 Å². The van der Waals surface area contributed by atoms with E-state index < -0.39 is 5.97 Å². The number of benzene rings is 2. The fourth-order valence-corrected chi connectivity index (χ4v) is 2.52. The lowest BCUT2D eigenvalue weighted by Crippen LogP contribution is -1.99. The summed E-state index contributed by atoms with van der Waals surface area (Å²) in [5.74, 6) is 0.300. The summed E-state index contributed by atoms with van der Waals surface area (Å²) in [4.78, 5) is 11.2. The van der Waals surface area contributed by atoms with E-state index in [1.165, 1.54) is 32.4 Å². The number of carbonyl (C=O) groups is 1. The maximum atomic E-state index is 12.9. The zero-order valence-electron chi connectivity index (χ0n) is 13.2. The molecule has 0 fully saturated rings. The number of hydrogen-bond donors (Lipinski definition) is 0.